The SMILES string of the molecule is N#C[C@@H]1C[C@@H]1COc1nc(C(=O)CC2CCC2)cc(N2CCC(COc3cncnc3N)CC2)n1. The molecule has 0 unspecified atom stereocenters. The Morgan fingerprint density at radius 1 is 1.14 bits per heavy atom. The third kappa shape index (κ3) is 5.78. The van der Waals surface area contributed by atoms with Gasteiger partial charge in [0.15, 0.2) is 17.4 Å². The highest BCUT2D eigenvalue weighted by Gasteiger charge is 2.38. The summed E-state index contributed by atoms with van der Waals surface area (Å²) in [6, 6.07) is 4.31. The van der Waals surface area contributed by atoms with Crippen LogP contribution >= 0.6 is 0 Å². The number of hydrogen-bond donors (Lipinski definition) is 1. The number of nitrogens with two attached hydrogens (primary N) is 1. The van der Waals surface area contributed by atoms with Crippen LogP contribution in [0.2, 0.25) is 0 Å². The van der Waals surface area contributed by atoms with Gasteiger partial charge < -0.3 is 20.1 Å². The third-order valence-electron chi connectivity index (χ3n) is 7.31. The van der Waals surface area contributed by atoms with Gasteiger partial charge in [0.25, 0.3) is 0 Å². The summed E-state index contributed by atoms with van der Waals surface area (Å²) in [4.78, 5) is 32.1. The van der Waals surface area contributed by atoms with Gasteiger partial charge in [0, 0.05) is 31.5 Å². The summed E-state index contributed by atoms with van der Waals surface area (Å²) in [5.41, 5.74) is 6.26. The average Bonchev–Trinajstić information content (AvgIpc) is 3.63. The zero-order chi connectivity index (χ0) is 24.2. The predicted molar refractivity (Wildman–Crippen MR) is 128 cm³/mol. The Balaban J connectivity index is 1.22. The number of carbonyl (C=O) groups is 1. The number of nitrogens with zero attached hydrogens (tertiary/aromatic N) is 6. The van der Waals surface area contributed by atoms with Crippen LogP contribution in [0, 0.1) is 35.0 Å². The summed E-state index contributed by atoms with van der Waals surface area (Å²) in [5.74, 6) is 2.75. The van der Waals surface area contributed by atoms with Crippen LogP contribution < -0.4 is 20.1 Å². The molecule has 0 aromatic carbocycles. The van der Waals surface area contributed by atoms with Gasteiger partial charge in [0.05, 0.1) is 31.4 Å². The lowest BCUT2D eigenvalue weighted by Gasteiger charge is -2.33. The van der Waals surface area contributed by atoms with Crippen LogP contribution in [0.3, 0.4) is 0 Å². The number of nitriles is 1. The van der Waals surface area contributed by atoms with Crippen molar-refractivity contribution in [3.8, 4) is 17.8 Å². The molecule has 1 aliphatic heterocycles. The van der Waals surface area contributed by atoms with E-state index >= 15 is 0 Å². The number of Topliss-reactive ketones (excluding diaryl/α,β-unsaturated/α-hetero) is 1. The molecule has 0 amide bonds. The van der Waals surface area contributed by atoms with Gasteiger partial charge >= 0.3 is 6.01 Å². The van der Waals surface area contributed by atoms with E-state index in [1.165, 1.54) is 12.7 Å². The molecule has 10 heteroatoms. The molecule has 2 aromatic heterocycles. The number of ketones is 1. The van der Waals surface area contributed by atoms with E-state index in [0.717, 1.165) is 51.0 Å². The largest absolute Gasteiger partial charge is 0.488 e. The Morgan fingerprint density at radius 2 is 1.97 bits per heavy atom. The van der Waals surface area contributed by atoms with Gasteiger partial charge in [-0.2, -0.15) is 15.2 Å². The number of anilines is 2. The molecular formula is C25H31N7O3. The van der Waals surface area contributed by atoms with Gasteiger partial charge in [-0.15, -0.1) is 0 Å². The topological polar surface area (TPSA) is 140 Å². The van der Waals surface area contributed by atoms with Crippen molar-refractivity contribution in [3.05, 3.63) is 24.3 Å². The maximum Gasteiger partial charge on any atom is 0.319 e. The van der Waals surface area contributed by atoms with Crippen LogP contribution in [0.5, 0.6) is 11.8 Å². The van der Waals surface area contributed by atoms with Crippen LogP contribution in [0.25, 0.3) is 0 Å². The molecule has 2 N–H and O–H groups in total. The lowest BCUT2D eigenvalue weighted by Crippen LogP contribution is -2.36. The van der Waals surface area contributed by atoms with Crippen LogP contribution in [0.4, 0.5) is 11.6 Å². The van der Waals surface area contributed by atoms with Crippen molar-refractivity contribution in [3.63, 3.8) is 0 Å². The molecule has 2 saturated carbocycles. The standard InChI is InChI=1S/C25H31N7O3/c26-11-18-9-19(18)14-35-25-30-20(21(33)8-16-2-1-3-16)10-23(31-25)32-6-4-17(5-7-32)13-34-22-12-28-15-29-24(22)27/h10,12,15-19H,1-9,13-14H2,(H2,27,28,29)/t18-,19+/m0/s1. The average molecular weight is 478 g/mol. The number of aromatic nitrogens is 4. The van der Waals surface area contributed by atoms with E-state index in [1.807, 2.05) is 6.07 Å². The number of nitrogen functional groups attached to an aromatic ring is 1. The summed E-state index contributed by atoms with van der Waals surface area (Å²) >= 11 is 0. The summed E-state index contributed by atoms with van der Waals surface area (Å²) in [5, 5.41) is 9.05. The molecule has 184 valence electrons. The molecule has 2 aromatic rings. The smallest absolute Gasteiger partial charge is 0.319 e. The normalized spacial score (nSPS) is 22.2. The first-order valence-electron chi connectivity index (χ1n) is 12.5. The molecule has 5 rings (SSSR count). The molecular weight excluding hydrogens is 446 g/mol. The molecule has 35 heavy (non-hydrogen) atoms. The lowest BCUT2D eigenvalue weighted by molar-refractivity contribution is 0.0930. The van der Waals surface area contributed by atoms with Crippen molar-refractivity contribution in [2.45, 2.75) is 44.9 Å². The zero-order valence-electron chi connectivity index (χ0n) is 19.8. The number of ether oxygens (including phenoxy) is 2. The number of rotatable bonds is 10. The lowest BCUT2D eigenvalue weighted by atomic mass is 9.81. The quantitative estimate of drug-likeness (QED) is 0.508. The van der Waals surface area contributed by atoms with E-state index in [0.29, 0.717) is 48.7 Å². The fourth-order valence-electron chi connectivity index (χ4n) is 4.59. The van der Waals surface area contributed by atoms with Crippen molar-refractivity contribution in [2.75, 3.05) is 36.9 Å². The van der Waals surface area contributed by atoms with Gasteiger partial charge in [-0.3, -0.25) is 4.79 Å². The first-order chi connectivity index (χ1) is 17.1. The monoisotopic (exact) mass is 477 g/mol. The van der Waals surface area contributed by atoms with Crippen LogP contribution in [-0.2, 0) is 0 Å². The van der Waals surface area contributed by atoms with Crippen molar-refractivity contribution in [2.24, 2.45) is 23.7 Å². The number of piperidine rings is 1. The van der Waals surface area contributed by atoms with Gasteiger partial charge in [-0.25, -0.2) is 9.97 Å². The first-order valence-corrected chi connectivity index (χ1v) is 12.5. The van der Waals surface area contributed by atoms with Gasteiger partial charge in [-0.1, -0.05) is 19.3 Å². The van der Waals surface area contributed by atoms with E-state index in [4.69, 9.17) is 20.5 Å². The van der Waals surface area contributed by atoms with Gasteiger partial charge in [0.1, 0.15) is 17.8 Å². The summed E-state index contributed by atoms with van der Waals surface area (Å²) in [7, 11) is 0. The fraction of sp³-hybridized carbons (Fsp3) is 0.600. The van der Waals surface area contributed by atoms with E-state index in [2.05, 4.69) is 30.9 Å². The Kier molecular flexibility index (Phi) is 6.93. The van der Waals surface area contributed by atoms with Crippen molar-refractivity contribution in [1.29, 1.82) is 5.26 Å². The second-order valence-electron chi connectivity index (χ2n) is 9.87. The van der Waals surface area contributed by atoms with Crippen molar-refractivity contribution in [1.82, 2.24) is 19.9 Å². The second kappa shape index (κ2) is 10.4. The van der Waals surface area contributed by atoms with Crippen molar-refractivity contribution < 1.29 is 14.3 Å². The van der Waals surface area contributed by atoms with Crippen LogP contribution in [0.15, 0.2) is 18.6 Å². The molecule has 10 nitrogen and oxygen atoms in total. The fourth-order valence-corrected chi connectivity index (χ4v) is 4.59. The maximum absolute atomic E-state index is 12.9. The van der Waals surface area contributed by atoms with E-state index in [1.54, 1.807) is 6.20 Å². The molecule has 3 heterocycles. The highest BCUT2D eigenvalue weighted by atomic mass is 16.5. The van der Waals surface area contributed by atoms with E-state index in [9.17, 15) is 4.79 Å². The molecule has 0 radical (unpaired) electrons. The van der Waals surface area contributed by atoms with E-state index < -0.39 is 0 Å². The Morgan fingerprint density at radius 3 is 2.66 bits per heavy atom. The number of hydrogen-bond acceptors (Lipinski definition) is 10. The minimum Gasteiger partial charge on any atom is -0.488 e. The number of carbonyl (C=O) groups excluding carboxylic acids is 1. The Hall–Kier alpha value is -3.48. The highest BCUT2D eigenvalue weighted by molar-refractivity contribution is 5.95. The Labute approximate surface area is 204 Å². The van der Waals surface area contributed by atoms with Gasteiger partial charge in [0.2, 0.25) is 0 Å². The van der Waals surface area contributed by atoms with Crippen LogP contribution in [0.1, 0.15) is 55.4 Å². The molecule has 2 aliphatic carbocycles. The third-order valence-corrected chi connectivity index (χ3v) is 7.31. The molecule has 3 fully saturated rings. The molecule has 0 spiro atoms. The van der Waals surface area contributed by atoms with E-state index in [-0.39, 0.29) is 23.6 Å². The van der Waals surface area contributed by atoms with Crippen molar-refractivity contribution >= 4 is 17.4 Å². The molecule has 3 aliphatic rings. The van der Waals surface area contributed by atoms with Gasteiger partial charge in [-0.05, 0) is 31.1 Å². The first kappa shape index (κ1) is 23.3. The second-order valence-corrected chi connectivity index (χ2v) is 9.87. The summed E-state index contributed by atoms with van der Waals surface area (Å²) < 4.78 is 11.7. The summed E-state index contributed by atoms with van der Waals surface area (Å²) in [6.45, 7) is 2.54. The zero-order valence-corrected chi connectivity index (χ0v) is 19.8. The summed E-state index contributed by atoms with van der Waals surface area (Å²) in [6.07, 6.45) is 9.63. The molecule has 1 saturated heterocycles. The minimum absolute atomic E-state index is 0.0514. The maximum atomic E-state index is 12.9. The predicted octanol–water partition coefficient (Wildman–Crippen LogP) is 3.06. The van der Waals surface area contributed by atoms with Crippen LogP contribution in [-0.4, -0.2) is 52.0 Å². The Bertz CT molecular complexity index is 1090. The molecule has 2 atom stereocenters. The minimum atomic E-state index is 0.0514. The molecule has 0 bridgehead atoms. The highest BCUT2D eigenvalue weighted by Crippen LogP contribution is 2.38.